The molecule has 0 saturated heterocycles. The van der Waals surface area contributed by atoms with Crippen LogP contribution in [0.3, 0.4) is 0 Å². The lowest BCUT2D eigenvalue weighted by atomic mass is 10.1. The van der Waals surface area contributed by atoms with Gasteiger partial charge in [-0.15, -0.1) is 0 Å². The van der Waals surface area contributed by atoms with Crippen LogP contribution in [0.5, 0.6) is 0 Å². The molecule has 0 saturated carbocycles. The van der Waals surface area contributed by atoms with Crippen molar-refractivity contribution in [2.75, 3.05) is 0 Å². The molecule has 1 aromatic rings. The Morgan fingerprint density at radius 3 is 2.35 bits per heavy atom. The van der Waals surface area contributed by atoms with Crippen LogP contribution in [-0.2, 0) is 4.79 Å². The number of hydrazine groups is 1. The molecule has 2 N–H and O–H groups in total. The quantitative estimate of drug-likeness (QED) is 0.758. The maximum atomic E-state index is 11.7. The first-order valence-electron chi connectivity index (χ1n) is 5.27. The van der Waals surface area contributed by atoms with Crippen molar-refractivity contribution < 1.29 is 9.59 Å². The van der Waals surface area contributed by atoms with Crippen molar-refractivity contribution in [3.8, 4) is 0 Å². The molecule has 1 aromatic carbocycles. The smallest absolute Gasteiger partial charge is 0.265 e. The zero-order valence-corrected chi connectivity index (χ0v) is 9.09. The summed E-state index contributed by atoms with van der Waals surface area (Å²) in [5.41, 5.74) is 5.98. The Morgan fingerprint density at radius 2 is 1.71 bits per heavy atom. The Labute approximate surface area is 99.0 Å². The fraction of sp³-hybridized carbons (Fsp3) is 0.0769. The molecule has 0 atom stereocenters. The van der Waals surface area contributed by atoms with Gasteiger partial charge < -0.3 is 0 Å². The molecule has 4 heteroatoms. The van der Waals surface area contributed by atoms with E-state index >= 15 is 0 Å². The van der Waals surface area contributed by atoms with Crippen molar-refractivity contribution in [3.05, 3.63) is 60.2 Å². The van der Waals surface area contributed by atoms with Gasteiger partial charge in [-0.1, -0.05) is 30.4 Å². The van der Waals surface area contributed by atoms with Gasteiger partial charge in [-0.3, -0.25) is 15.0 Å². The van der Waals surface area contributed by atoms with Crippen LogP contribution in [0.4, 0.5) is 0 Å². The number of allylic oxidation sites excluding steroid dienone is 2. The van der Waals surface area contributed by atoms with Gasteiger partial charge in [0.15, 0.2) is 5.78 Å². The highest BCUT2D eigenvalue weighted by molar-refractivity contribution is 6.00. The van der Waals surface area contributed by atoms with Gasteiger partial charge in [0.05, 0.1) is 6.04 Å². The van der Waals surface area contributed by atoms with Crippen molar-refractivity contribution in [2.24, 2.45) is 0 Å². The average molecular weight is 228 g/mol. The summed E-state index contributed by atoms with van der Waals surface area (Å²) >= 11 is 0. The maximum Gasteiger partial charge on any atom is 0.265 e. The van der Waals surface area contributed by atoms with Crippen LogP contribution in [-0.4, -0.2) is 17.7 Å². The topological polar surface area (TPSA) is 58.2 Å². The molecule has 86 valence electrons. The number of carbonyl (C=O) groups is 2. The van der Waals surface area contributed by atoms with Crippen LogP contribution in [0.1, 0.15) is 10.4 Å². The fourth-order valence-corrected chi connectivity index (χ4v) is 1.42. The highest BCUT2D eigenvalue weighted by Crippen LogP contribution is 1.99. The molecule has 0 aliphatic heterocycles. The predicted octanol–water partition coefficient (Wildman–Crippen LogP) is 0.985. The minimum absolute atomic E-state index is 0.0440. The minimum atomic E-state index is -0.204. The molecule has 1 aliphatic rings. The van der Waals surface area contributed by atoms with E-state index in [-0.39, 0.29) is 17.7 Å². The number of ketones is 1. The van der Waals surface area contributed by atoms with Crippen LogP contribution < -0.4 is 10.9 Å². The van der Waals surface area contributed by atoms with E-state index in [0.29, 0.717) is 5.56 Å². The number of benzene rings is 1. The Hall–Kier alpha value is -2.20. The summed E-state index contributed by atoms with van der Waals surface area (Å²) in [6, 6.07) is 8.75. The van der Waals surface area contributed by atoms with Crippen LogP contribution in [0.2, 0.25) is 0 Å². The van der Waals surface area contributed by atoms with Gasteiger partial charge in [-0.25, -0.2) is 5.43 Å². The van der Waals surface area contributed by atoms with E-state index in [4.69, 9.17) is 0 Å². The van der Waals surface area contributed by atoms with Gasteiger partial charge in [0, 0.05) is 5.56 Å². The molecule has 0 fully saturated rings. The lowest BCUT2D eigenvalue weighted by Crippen LogP contribution is -2.43. The lowest BCUT2D eigenvalue weighted by Gasteiger charge is -2.13. The van der Waals surface area contributed by atoms with Crippen molar-refractivity contribution in [1.82, 2.24) is 10.9 Å². The molecule has 17 heavy (non-hydrogen) atoms. The monoisotopic (exact) mass is 228 g/mol. The number of nitrogens with one attached hydrogen (secondary N) is 2. The summed E-state index contributed by atoms with van der Waals surface area (Å²) in [4.78, 5) is 22.5. The SMILES string of the molecule is O=C1C=CC(NNC(=O)c2ccccc2)C=C1. The number of carbonyl (C=O) groups excluding carboxylic acids is 2. The number of hydrogen-bond donors (Lipinski definition) is 2. The standard InChI is InChI=1S/C13H12N2O2/c16-12-8-6-11(7-9-12)14-15-13(17)10-4-2-1-3-5-10/h1-9,11,14H,(H,15,17). The first-order valence-corrected chi connectivity index (χ1v) is 5.27. The van der Waals surface area contributed by atoms with Gasteiger partial charge in [0.1, 0.15) is 0 Å². The fourth-order valence-electron chi connectivity index (χ4n) is 1.42. The van der Waals surface area contributed by atoms with E-state index in [2.05, 4.69) is 10.9 Å². The van der Waals surface area contributed by atoms with Crippen LogP contribution in [0.25, 0.3) is 0 Å². The van der Waals surface area contributed by atoms with Crippen LogP contribution >= 0.6 is 0 Å². The predicted molar refractivity (Wildman–Crippen MR) is 64.1 cm³/mol. The Balaban J connectivity index is 1.87. The normalized spacial score (nSPS) is 14.9. The minimum Gasteiger partial charge on any atom is -0.290 e. The maximum absolute atomic E-state index is 11.7. The first kappa shape index (κ1) is 11.3. The summed E-state index contributed by atoms with van der Waals surface area (Å²) in [6.45, 7) is 0. The van der Waals surface area contributed by atoms with Gasteiger partial charge in [-0.05, 0) is 24.3 Å². The molecule has 1 amide bonds. The molecule has 2 rings (SSSR count). The van der Waals surface area contributed by atoms with E-state index < -0.39 is 0 Å². The first-order chi connectivity index (χ1) is 8.25. The number of hydrogen-bond acceptors (Lipinski definition) is 3. The zero-order chi connectivity index (χ0) is 12.1. The molecule has 0 unspecified atom stereocenters. The molecular formula is C13H12N2O2. The molecule has 4 nitrogen and oxygen atoms in total. The van der Waals surface area contributed by atoms with E-state index in [9.17, 15) is 9.59 Å². The van der Waals surface area contributed by atoms with E-state index in [1.54, 1.807) is 36.4 Å². The lowest BCUT2D eigenvalue weighted by molar-refractivity contribution is -0.110. The summed E-state index contributed by atoms with van der Waals surface area (Å²) < 4.78 is 0. The third-order valence-corrected chi connectivity index (χ3v) is 2.32. The van der Waals surface area contributed by atoms with E-state index in [1.807, 2.05) is 6.07 Å². The largest absolute Gasteiger partial charge is 0.290 e. The zero-order valence-electron chi connectivity index (χ0n) is 9.09. The molecular weight excluding hydrogens is 216 g/mol. The molecule has 0 radical (unpaired) electrons. The third kappa shape index (κ3) is 3.12. The summed E-state index contributed by atoms with van der Waals surface area (Å²) in [5, 5.41) is 0. The molecule has 0 bridgehead atoms. The number of amides is 1. The number of rotatable bonds is 3. The van der Waals surface area contributed by atoms with Gasteiger partial charge >= 0.3 is 0 Å². The Bertz CT molecular complexity index is 461. The summed E-state index contributed by atoms with van der Waals surface area (Å²) in [7, 11) is 0. The van der Waals surface area contributed by atoms with E-state index in [0.717, 1.165) is 0 Å². The second-order valence-corrected chi connectivity index (χ2v) is 3.61. The van der Waals surface area contributed by atoms with Gasteiger partial charge in [0.25, 0.3) is 5.91 Å². The second kappa shape index (κ2) is 5.23. The average Bonchev–Trinajstić information content (AvgIpc) is 2.39. The van der Waals surface area contributed by atoms with E-state index in [1.165, 1.54) is 12.2 Å². The molecule has 0 aromatic heterocycles. The van der Waals surface area contributed by atoms with Crippen LogP contribution in [0.15, 0.2) is 54.6 Å². The van der Waals surface area contributed by atoms with Crippen molar-refractivity contribution in [1.29, 1.82) is 0 Å². The second-order valence-electron chi connectivity index (χ2n) is 3.61. The summed E-state index contributed by atoms with van der Waals surface area (Å²) in [5.74, 6) is -0.248. The van der Waals surface area contributed by atoms with Gasteiger partial charge in [-0.2, -0.15) is 0 Å². The summed E-state index contributed by atoms with van der Waals surface area (Å²) in [6.07, 6.45) is 6.31. The van der Waals surface area contributed by atoms with Crippen molar-refractivity contribution in [3.63, 3.8) is 0 Å². The van der Waals surface area contributed by atoms with Crippen LogP contribution in [0, 0.1) is 0 Å². The third-order valence-electron chi connectivity index (χ3n) is 2.32. The molecule has 0 heterocycles. The highest BCUT2D eigenvalue weighted by atomic mass is 16.2. The Kier molecular flexibility index (Phi) is 3.47. The highest BCUT2D eigenvalue weighted by Gasteiger charge is 2.08. The molecule has 0 spiro atoms. The Morgan fingerprint density at radius 1 is 1.06 bits per heavy atom. The van der Waals surface area contributed by atoms with Crippen molar-refractivity contribution >= 4 is 11.7 Å². The molecule has 1 aliphatic carbocycles. The van der Waals surface area contributed by atoms with Gasteiger partial charge in [0.2, 0.25) is 0 Å². The van der Waals surface area contributed by atoms with Crippen molar-refractivity contribution in [2.45, 2.75) is 6.04 Å².